The molecule has 4 nitrogen and oxygen atoms in total. The van der Waals surface area contributed by atoms with Gasteiger partial charge in [-0.1, -0.05) is 6.92 Å². The summed E-state index contributed by atoms with van der Waals surface area (Å²) in [4.78, 5) is 11.3. The van der Waals surface area contributed by atoms with Gasteiger partial charge in [-0.2, -0.15) is 0 Å². The van der Waals surface area contributed by atoms with Gasteiger partial charge < -0.3 is 10.2 Å². The standard InChI is InChI=1S/C11H18N4/c1-4-10-13-9-5-6-12-7-8(9)11(14-10)15(2)3/h12H,4-7H2,1-3H3. The predicted octanol–water partition coefficient (Wildman–Crippen LogP) is 0.751. The van der Waals surface area contributed by atoms with E-state index < -0.39 is 0 Å². The zero-order chi connectivity index (χ0) is 10.8. The number of nitrogens with zero attached hydrogens (tertiary/aromatic N) is 3. The van der Waals surface area contributed by atoms with Gasteiger partial charge in [-0.05, 0) is 0 Å². The topological polar surface area (TPSA) is 41.1 Å². The molecule has 1 aromatic heterocycles. The first kappa shape index (κ1) is 10.4. The Morgan fingerprint density at radius 2 is 2.13 bits per heavy atom. The van der Waals surface area contributed by atoms with Gasteiger partial charge in [0.2, 0.25) is 0 Å². The highest BCUT2D eigenvalue weighted by Crippen LogP contribution is 2.21. The predicted molar refractivity (Wildman–Crippen MR) is 61.1 cm³/mol. The van der Waals surface area contributed by atoms with E-state index in [0.717, 1.165) is 37.6 Å². The summed E-state index contributed by atoms with van der Waals surface area (Å²) in [5, 5.41) is 3.37. The molecule has 0 atom stereocenters. The zero-order valence-corrected chi connectivity index (χ0v) is 9.67. The van der Waals surface area contributed by atoms with Gasteiger partial charge in [-0.15, -0.1) is 0 Å². The lowest BCUT2D eigenvalue weighted by Crippen LogP contribution is -2.28. The van der Waals surface area contributed by atoms with E-state index >= 15 is 0 Å². The van der Waals surface area contributed by atoms with E-state index in [9.17, 15) is 0 Å². The van der Waals surface area contributed by atoms with Crippen molar-refractivity contribution in [2.75, 3.05) is 25.5 Å². The van der Waals surface area contributed by atoms with Crippen molar-refractivity contribution >= 4 is 5.82 Å². The molecule has 82 valence electrons. The van der Waals surface area contributed by atoms with Crippen molar-refractivity contribution < 1.29 is 0 Å². The van der Waals surface area contributed by atoms with Gasteiger partial charge in [0.05, 0.1) is 5.69 Å². The van der Waals surface area contributed by atoms with Crippen LogP contribution in [-0.4, -0.2) is 30.6 Å². The van der Waals surface area contributed by atoms with Crippen LogP contribution in [-0.2, 0) is 19.4 Å². The highest BCUT2D eigenvalue weighted by atomic mass is 15.2. The van der Waals surface area contributed by atoms with Gasteiger partial charge in [-0.25, -0.2) is 9.97 Å². The lowest BCUT2D eigenvalue weighted by atomic mass is 10.1. The molecule has 0 radical (unpaired) electrons. The molecular formula is C11H18N4. The number of aromatic nitrogens is 2. The summed E-state index contributed by atoms with van der Waals surface area (Å²) < 4.78 is 0. The molecule has 1 N–H and O–H groups in total. The minimum Gasteiger partial charge on any atom is -0.362 e. The normalized spacial score (nSPS) is 14.9. The fourth-order valence-corrected chi connectivity index (χ4v) is 1.90. The molecule has 4 heteroatoms. The third kappa shape index (κ3) is 1.95. The molecule has 0 aromatic carbocycles. The van der Waals surface area contributed by atoms with Crippen LogP contribution in [0.25, 0.3) is 0 Å². The van der Waals surface area contributed by atoms with E-state index in [1.165, 1.54) is 11.3 Å². The van der Waals surface area contributed by atoms with Crippen LogP contribution in [0.3, 0.4) is 0 Å². The summed E-state index contributed by atoms with van der Waals surface area (Å²) in [5.74, 6) is 2.03. The van der Waals surface area contributed by atoms with Gasteiger partial charge >= 0.3 is 0 Å². The van der Waals surface area contributed by atoms with Crippen LogP contribution in [0, 0.1) is 0 Å². The first-order valence-electron chi connectivity index (χ1n) is 5.49. The van der Waals surface area contributed by atoms with Crippen molar-refractivity contribution in [1.82, 2.24) is 15.3 Å². The van der Waals surface area contributed by atoms with E-state index in [2.05, 4.69) is 27.1 Å². The van der Waals surface area contributed by atoms with Crippen LogP contribution in [0.4, 0.5) is 5.82 Å². The number of aryl methyl sites for hydroxylation is 1. The van der Waals surface area contributed by atoms with E-state index in [0.29, 0.717) is 0 Å². The van der Waals surface area contributed by atoms with Crippen LogP contribution < -0.4 is 10.2 Å². The summed E-state index contributed by atoms with van der Waals surface area (Å²) in [6.07, 6.45) is 1.92. The van der Waals surface area contributed by atoms with Crippen LogP contribution in [0.5, 0.6) is 0 Å². The maximum atomic E-state index is 4.60. The molecule has 0 fully saturated rings. The monoisotopic (exact) mass is 206 g/mol. The Balaban J connectivity index is 2.50. The van der Waals surface area contributed by atoms with Crippen LogP contribution in [0.1, 0.15) is 24.0 Å². The molecule has 0 saturated carbocycles. The second kappa shape index (κ2) is 4.14. The summed E-state index contributed by atoms with van der Waals surface area (Å²) in [5.41, 5.74) is 2.49. The van der Waals surface area contributed by atoms with Gasteiger partial charge in [0.25, 0.3) is 0 Å². The van der Waals surface area contributed by atoms with Crippen LogP contribution >= 0.6 is 0 Å². The first-order chi connectivity index (χ1) is 7.22. The third-order valence-electron chi connectivity index (χ3n) is 2.70. The molecule has 0 bridgehead atoms. The van der Waals surface area contributed by atoms with Gasteiger partial charge in [0.15, 0.2) is 0 Å². The number of hydrogen-bond donors (Lipinski definition) is 1. The van der Waals surface area contributed by atoms with E-state index in [-0.39, 0.29) is 0 Å². The van der Waals surface area contributed by atoms with Crippen molar-refractivity contribution in [3.05, 3.63) is 17.1 Å². The highest BCUT2D eigenvalue weighted by molar-refractivity contribution is 5.49. The molecule has 0 unspecified atom stereocenters. The molecule has 1 aliphatic rings. The molecule has 1 aliphatic heterocycles. The number of fused-ring (bicyclic) bond motifs is 1. The molecule has 0 aliphatic carbocycles. The summed E-state index contributed by atoms with van der Waals surface area (Å²) in [6, 6.07) is 0. The molecule has 2 rings (SSSR count). The Labute approximate surface area is 90.7 Å². The zero-order valence-electron chi connectivity index (χ0n) is 9.67. The number of nitrogens with one attached hydrogen (secondary N) is 1. The smallest absolute Gasteiger partial charge is 0.136 e. The maximum Gasteiger partial charge on any atom is 0.136 e. The average Bonchev–Trinajstić information content (AvgIpc) is 2.27. The lowest BCUT2D eigenvalue weighted by Gasteiger charge is -2.23. The molecule has 0 amide bonds. The maximum absolute atomic E-state index is 4.60. The Hall–Kier alpha value is -1.16. The lowest BCUT2D eigenvalue weighted by molar-refractivity contribution is 0.619. The minimum absolute atomic E-state index is 0.896. The Bertz CT molecular complexity index is 360. The Morgan fingerprint density at radius 3 is 2.80 bits per heavy atom. The SMILES string of the molecule is CCc1nc2c(c(N(C)C)n1)CNCC2. The molecule has 15 heavy (non-hydrogen) atoms. The molecule has 2 heterocycles. The Kier molecular flexibility index (Phi) is 2.86. The highest BCUT2D eigenvalue weighted by Gasteiger charge is 2.17. The minimum atomic E-state index is 0.896. The second-order valence-electron chi connectivity index (χ2n) is 4.06. The van der Waals surface area contributed by atoms with E-state index in [1.807, 2.05) is 14.1 Å². The molecule has 0 spiro atoms. The van der Waals surface area contributed by atoms with Gasteiger partial charge in [0.1, 0.15) is 11.6 Å². The van der Waals surface area contributed by atoms with Crippen molar-refractivity contribution in [2.45, 2.75) is 26.3 Å². The summed E-state index contributed by atoms with van der Waals surface area (Å²) in [7, 11) is 4.08. The summed E-state index contributed by atoms with van der Waals surface area (Å²) >= 11 is 0. The quantitative estimate of drug-likeness (QED) is 0.775. The molecule has 1 aromatic rings. The third-order valence-corrected chi connectivity index (χ3v) is 2.70. The fourth-order valence-electron chi connectivity index (χ4n) is 1.90. The van der Waals surface area contributed by atoms with Gasteiger partial charge in [-0.3, -0.25) is 0 Å². The van der Waals surface area contributed by atoms with Crippen molar-refractivity contribution in [1.29, 1.82) is 0 Å². The number of anilines is 1. The first-order valence-corrected chi connectivity index (χ1v) is 5.49. The number of hydrogen-bond acceptors (Lipinski definition) is 4. The second-order valence-corrected chi connectivity index (χ2v) is 4.06. The van der Waals surface area contributed by atoms with E-state index in [4.69, 9.17) is 0 Å². The molecule has 0 saturated heterocycles. The van der Waals surface area contributed by atoms with Crippen LogP contribution in [0.15, 0.2) is 0 Å². The number of rotatable bonds is 2. The largest absolute Gasteiger partial charge is 0.362 e. The van der Waals surface area contributed by atoms with Gasteiger partial charge in [0, 0.05) is 45.6 Å². The van der Waals surface area contributed by atoms with Crippen molar-refractivity contribution in [2.24, 2.45) is 0 Å². The van der Waals surface area contributed by atoms with Crippen LogP contribution in [0.2, 0.25) is 0 Å². The van der Waals surface area contributed by atoms with E-state index in [1.54, 1.807) is 0 Å². The Morgan fingerprint density at radius 1 is 1.33 bits per heavy atom. The van der Waals surface area contributed by atoms with Crippen molar-refractivity contribution in [3.8, 4) is 0 Å². The average molecular weight is 206 g/mol. The molecular weight excluding hydrogens is 188 g/mol. The van der Waals surface area contributed by atoms with Crippen molar-refractivity contribution in [3.63, 3.8) is 0 Å². The summed E-state index contributed by atoms with van der Waals surface area (Å²) in [6.45, 7) is 4.02. The fraction of sp³-hybridized carbons (Fsp3) is 0.636.